The van der Waals surface area contributed by atoms with Crippen LogP contribution in [-0.2, 0) is 4.79 Å². The first-order chi connectivity index (χ1) is 5.13. The van der Waals surface area contributed by atoms with Gasteiger partial charge in [0.05, 0.1) is 0 Å². The molecule has 0 rings (SSSR count). The summed E-state index contributed by atoms with van der Waals surface area (Å²) in [5.41, 5.74) is 0. The second-order valence-electron chi connectivity index (χ2n) is 3.37. The van der Waals surface area contributed by atoms with Crippen LogP contribution in [0.25, 0.3) is 0 Å². The molecule has 0 spiro atoms. The molecule has 0 aromatic carbocycles. The molecular formula is C9H17LiO2. The van der Waals surface area contributed by atoms with E-state index in [1.54, 1.807) is 0 Å². The van der Waals surface area contributed by atoms with Crippen molar-refractivity contribution in [2.75, 3.05) is 0 Å². The number of carboxylic acid groups (broad SMARTS) is 1. The van der Waals surface area contributed by atoms with Crippen molar-refractivity contribution in [1.29, 1.82) is 0 Å². The SMILES string of the molecule is CC(C)CCCCCC(=O)[O-].[Li+]. The van der Waals surface area contributed by atoms with Gasteiger partial charge in [-0.3, -0.25) is 0 Å². The third-order valence-electron chi connectivity index (χ3n) is 1.66. The largest absolute Gasteiger partial charge is 1.00 e. The summed E-state index contributed by atoms with van der Waals surface area (Å²) in [5, 5.41) is 9.99. The van der Waals surface area contributed by atoms with Crippen molar-refractivity contribution in [3.63, 3.8) is 0 Å². The molecule has 0 N–H and O–H groups in total. The maximum Gasteiger partial charge on any atom is 1.00 e. The minimum Gasteiger partial charge on any atom is -0.550 e. The summed E-state index contributed by atoms with van der Waals surface area (Å²) in [7, 11) is 0. The zero-order chi connectivity index (χ0) is 8.69. The third kappa shape index (κ3) is 12.7. The average molecular weight is 164 g/mol. The fraction of sp³-hybridized carbons (Fsp3) is 0.889. The molecule has 0 aliphatic heterocycles. The first kappa shape index (κ1) is 14.6. The Morgan fingerprint density at radius 1 is 1.25 bits per heavy atom. The molecule has 0 saturated carbocycles. The second kappa shape index (κ2) is 9.16. The van der Waals surface area contributed by atoms with E-state index < -0.39 is 5.97 Å². The van der Waals surface area contributed by atoms with E-state index in [0.717, 1.165) is 25.2 Å². The van der Waals surface area contributed by atoms with Crippen LogP contribution in [0.5, 0.6) is 0 Å². The van der Waals surface area contributed by atoms with Gasteiger partial charge < -0.3 is 9.90 Å². The monoisotopic (exact) mass is 164 g/mol. The number of hydrogen-bond donors (Lipinski definition) is 0. The van der Waals surface area contributed by atoms with Crippen LogP contribution in [0.15, 0.2) is 0 Å². The van der Waals surface area contributed by atoms with Gasteiger partial charge in [-0.05, 0) is 18.8 Å². The fourth-order valence-electron chi connectivity index (χ4n) is 0.999. The molecule has 0 fully saturated rings. The fourth-order valence-corrected chi connectivity index (χ4v) is 0.999. The van der Waals surface area contributed by atoms with Crippen molar-refractivity contribution in [3.05, 3.63) is 0 Å². The van der Waals surface area contributed by atoms with Gasteiger partial charge in [0.1, 0.15) is 0 Å². The summed E-state index contributed by atoms with van der Waals surface area (Å²) in [6, 6.07) is 0. The van der Waals surface area contributed by atoms with E-state index >= 15 is 0 Å². The summed E-state index contributed by atoms with van der Waals surface area (Å²) in [5.74, 6) is -0.187. The molecule has 0 amide bonds. The molecule has 0 aromatic rings. The van der Waals surface area contributed by atoms with Crippen molar-refractivity contribution >= 4 is 5.97 Å². The molecule has 0 heterocycles. The van der Waals surface area contributed by atoms with E-state index in [4.69, 9.17) is 0 Å². The topological polar surface area (TPSA) is 40.1 Å². The summed E-state index contributed by atoms with van der Waals surface area (Å²) in [6.45, 7) is 4.36. The van der Waals surface area contributed by atoms with Gasteiger partial charge >= 0.3 is 18.9 Å². The molecule has 3 heteroatoms. The summed E-state index contributed by atoms with van der Waals surface area (Å²) < 4.78 is 0. The van der Waals surface area contributed by atoms with E-state index in [1.807, 2.05) is 0 Å². The Hall–Kier alpha value is 0.0674. The van der Waals surface area contributed by atoms with Gasteiger partial charge in [-0.25, -0.2) is 0 Å². The van der Waals surface area contributed by atoms with E-state index in [0.29, 0.717) is 0 Å². The molecule has 66 valence electrons. The Morgan fingerprint density at radius 2 is 1.83 bits per heavy atom. The quantitative estimate of drug-likeness (QED) is 0.348. The zero-order valence-corrected chi connectivity index (χ0v) is 8.43. The van der Waals surface area contributed by atoms with Gasteiger partial charge in [-0.1, -0.05) is 33.1 Å². The first-order valence-electron chi connectivity index (χ1n) is 4.32. The Labute approximate surface area is 86.9 Å². The Morgan fingerprint density at radius 3 is 2.25 bits per heavy atom. The van der Waals surface area contributed by atoms with E-state index in [9.17, 15) is 9.90 Å². The molecule has 0 atom stereocenters. The van der Waals surface area contributed by atoms with Crippen molar-refractivity contribution in [2.24, 2.45) is 5.92 Å². The molecule has 12 heavy (non-hydrogen) atoms. The molecule has 0 aliphatic rings. The summed E-state index contributed by atoms with van der Waals surface area (Å²) >= 11 is 0. The summed E-state index contributed by atoms with van der Waals surface area (Å²) in [6.07, 6.45) is 4.36. The number of aliphatic carboxylic acids is 1. The zero-order valence-electron chi connectivity index (χ0n) is 8.43. The van der Waals surface area contributed by atoms with Crippen molar-refractivity contribution in [1.82, 2.24) is 0 Å². The Balaban J connectivity index is 0. The van der Waals surface area contributed by atoms with Crippen molar-refractivity contribution in [2.45, 2.75) is 46.0 Å². The van der Waals surface area contributed by atoms with Gasteiger partial charge in [0.2, 0.25) is 0 Å². The van der Waals surface area contributed by atoms with E-state index in [1.165, 1.54) is 6.42 Å². The molecule has 0 saturated heterocycles. The Kier molecular flexibility index (Phi) is 11.1. The average Bonchev–Trinajstić information content (AvgIpc) is 1.85. The smallest absolute Gasteiger partial charge is 0.550 e. The van der Waals surface area contributed by atoms with Crippen LogP contribution in [0.4, 0.5) is 0 Å². The number of unbranched alkanes of at least 4 members (excludes halogenated alkanes) is 2. The second-order valence-corrected chi connectivity index (χ2v) is 3.37. The van der Waals surface area contributed by atoms with Crippen molar-refractivity contribution < 1.29 is 28.8 Å². The molecule has 0 aliphatic carbocycles. The van der Waals surface area contributed by atoms with Crippen LogP contribution in [-0.4, -0.2) is 5.97 Å². The minimum absolute atomic E-state index is 0. The number of hydrogen-bond acceptors (Lipinski definition) is 2. The number of carboxylic acids is 1. The van der Waals surface area contributed by atoms with Crippen LogP contribution in [0, 0.1) is 5.92 Å². The van der Waals surface area contributed by atoms with Crippen LogP contribution >= 0.6 is 0 Å². The minimum atomic E-state index is -0.922. The molecule has 0 bridgehead atoms. The number of carbonyl (C=O) groups excluding carboxylic acids is 1. The van der Waals surface area contributed by atoms with Gasteiger partial charge in [-0.15, -0.1) is 0 Å². The maximum atomic E-state index is 9.99. The van der Waals surface area contributed by atoms with Gasteiger partial charge in [0, 0.05) is 5.97 Å². The predicted molar refractivity (Wildman–Crippen MR) is 42.9 cm³/mol. The maximum absolute atomic E-state index is 9.99. The molecular weight excluding hydrogens is 147 g/mol. The number of rotatable bonds is 6. The van der Waals surface area contributed by atoms with Crippen LogP contribution in [0.3, 0.4) is 0 Å². The number of carbonyl (C=O) groups is 1. The predicted octanol–water partition coefficient (Wildman–Crippen LogP) is -1.65. The summed E-state index contributed by atoms with van der Waals surface area (Å²) in [4.78, 5) is 9.99. The normalized spacial score (nSPS) is 9.58. The third-order valence-corrected chi connectivity index (χ3v) is 1.66. The van der Waals surface area contributed by atoms with E-state index in [2.05, 4.69) is 13.8 Å². The van der Waals surface area contributed by atoms with E-state index in [-0.39, 0.29) is 25.3 Å². The van der Waals surface area contributed by atoms with Gasteiger partial charge in [-0.2, -0.15) is 0 Å². The molecule has 0 aromatic heterocycles. The van der Waals surface area contributed by atoms with Gasteiger partial charge in [0.15, 0.2) is 0 Å². The van der Waals surface area contributed by atoms with Crippen LogP contribution in [0.1, 0.15) is 46.0 Å². The molecule has 2 nitrogen and oxygen atoms in total. The molecule has 0 unspecified atom stereocenters. The van der Waals surface area contributed by atoms with Crippen LogP contribution in [0.2, 0.25) is 0 Å². The van der Waals surface area contributed by atoms with Crippen LogP contribution < -0.4 is 24.0 Å². The standard InChI is InChI=1S/C9H18O2.Li/c1-8(2)6-4-3-5-7-9(10)11;/h8H,3-7H2,1-2H3,(H,10,11);/q;+1/p-1. The van der Waals surface area contributed by atoms with Gasteiger partial charge in [0.25, 0.3) is 0 Å². The van der Waals surface area contributed by atoms with Crippen molar-refractivity contribution in [3.8, 4) is 0 Å². The Bertz CT molecular complexity index is 113. The molecule has 0 radical (unpaired) electrons. The first-order valence-corrected chi connectivity index (χ1v) is 4.32.